The third kappa shape index (κ3) is 2.25. The summed E-state index contributed by atoms with van der Waals surface area (Å²) in [4.78, 5) is 13.5. The first-order valence-electron chi connectivity index (χ1n) is 9.61. The zero-order valence-electron chi connectivity index (χ0n) is 14.7. The molecule has 134 valence electrons. The van der Waals surface area contributed by atoms with Crippen LogP contribution in [0.25, 0.3) is 0 Å². The Balaban J connectivity index is 1.33. The van der Waals surface area contributed by atoms with Gasteiger partial charge in [0.1, 0.15) is 6.61 Å². The van der Waals surface area contributed by atoms with Crippen molar-refractivity contribution in [3.05, 3.63) is 29.8 Å². The van der Waals surface area contributed by atoms with Gasteiger partial charge < -0.3 is 14.8 Å². The molecule has 2 saturated carbocycles. The molecule has 1 N–H and O–H groups in total. The van der Waals surface area contributed by atoms with Crippen molar-refractivity contribution in [1.29, 1.82) is 0 Å². The summed E-state index contributed by atoms with van der Waals surface area (Å²) >= 11 is 0. The molecule has 2 saturated heterocycles. The van der Waals surface area contributed by atoms with Crippen molar-refractivity contribution in [2.24, 2.45) is 11.3 Å². The number of rotatable bonds is 4. The predicted molar refractivity (Wildman–Crippen MR) is 94.6 cm³/mol. The summed E-state index contributed by atoms with van der Waals surface area (Å²) in [6.45, 7) is 4.27. The number of fused-ring (bicyclic) bond motifs is 2. The average Bonchev–Trinajstić information content (AvgIpc) is 3.18. The summed E-state index contributed by atoms with van der Waals surface area (Å²) in [7, 11) is 0. The van der Waals surface area contributed by atoms with E-state index < -0.39 is 0 Å². The molecular formula is C20H26N2O3. The Morgan fingerprint density at radius 1 is 1.32 bits per heavy atom. The maximum atomic E-state index is 11.8. The number of benzene rings is 1. The Hall–Kier alpha value is -1.59. The van der Waals surface area contributed by atoms with Crippen molar-refractivity contribution >= 4 is 11.8 Å². The van der Waals surface area contributed by atoms with Crippen molar-refractivity contribution in [3.8, 4) is 0 Å². The molecule has 0 bridgehead atoms. The summed E-state index contributed by atoms with van der Waals surface area (Å²) < 4.78 is 11.1. The van der Waals surface area contributed by atoms with Crippen molar-refractivity contribution in [1.82, 2.24) is 5.32 Å². The molecule has 1 aromatic carbocycles. The minimum atomic E-state index is -0.240. The van der Waals surface area contributed by atoms with Crippen molar-refractivity contribution in [3.63, 3.8) is 0 Å². The van der Waals surface area contributed by atoms with E-state index in [4.69, 9.17) is 9.47 Å². The maximum Gasteiger partial charge on any atom is 0.414 e. The smallest absolute Gasteiger partial charge is 0.414 e. The fraction of sp³-hybridized carbons (Fsp3) is 0.650. The number of nitrogens with one attached hydrogen (secondary N) is 1. The molecule has 5 heteroatoms. The Kier molecular flexibility index (Phi) is 3.57. The summed E-state index contributed by atoms with van der Waals surface area (Å²) in [6.07, 6.45) is 5.39. The van der Waals surface area contributed by atoms with E-state index >= 15 is 0 Å². The summed E-state index contributed by atoms with van der Waals surface area (Å²) in [5, 5.41) is 3.91. The molecule has 4 unspecified atom stereocenters. The van der Waals surface area contributed by atoms with Crippen LogP contribution in [0, 0.1) is 11.3 Å². The number of ether oxygens (including phenoxy) is 2. The van der Waals surface area contributed by atoms with E-state index in [1.165, 1.54) is 31.2 Å². The van der Waals surface area contributed by atoms with E-state index in [2.05, 4.69) is 24.4 Å². The van der Waals surface area contributed by atoms with E-state index in [0.29, 0.717) is 36.6 Å². The van der Waals surface area contributed by atoms with Crippen LogP contribution < -0.4 is 10.2 Å². The lowest BCUT2D eigenvalue weighted by Gasteiger charge is -2.64. The second-order valence-electron chi connectivity index (χ2n) is 8.06. The standard InChI is InChI=1S/C20H26N2O3/c1-13(14-4-2-5-15(12-14)22-9-11-25-19(22)23)21-17-16-6-10-24-18(16)20(17)7-3-8-20/h2,4-5,12-13,16-18,21H,3,6-11H2,1H3. The Labute approximate surface area is 148 Å². The first-order chi connectivity index (χ1) is 12.2. The molecular weight excluding hydrogens is 316 g/mol. The third-order valence-corrected chi connectivity index (χ3v) is 6.91. The minimum absolute atomic E-state index is 0.240. The number of nitrogens with zero attached hydrogens (tertiary/aromatic N) is 1. The van der Waals surface area contributed by atoms with Crippen molar-refractivity contribution < 1.29 is 14.3 Å². The van der Waals surface area contributed by atoms with Crippen molar-refractivity contribution in [2.75, 3.05) is 24.7 Å². The average molecular weight is 342 g/mol. The summed E-state index contributed by atoms with van der Waals surface area (Å²) in [5.74, 6) is 0.680. The predicted octanol–water partition coefficient (Wildman–Crippen LogP) is 3.25. The van der Waals surface area contributed by atoms with Gasteiger partial charge in [-0.2, -0.15) is 0 Å². The van der Waals surface area contributed by atoms with Gasteiger partial charge in [-0.15, -0.1) is 0 Å². The van der Waals surface area contributed by atoms with Crippen LogP contribution in [0.1, 0.15) is 44.2 Å². The largest absolute Gasteiger partial charge is 0.447 e. The van der Waals surface area contributed by atoms with E-state index in [1.807, 2.05) is 12.1 Å². The van der Waals surface area contributed by atoms with E-state index in [0.717, 1.165) is 12.3 Å². The number of carbonyl (C=O) groups excluding carboxylic acids is 1. The lowest BCUT2D eigenvalue weighted by molar-refractivity contribution is -0.178. The lowest BCUT2D eigenvalue weighted by Crippen LogP contribution is -2.71. The Morgan fingerprint density at radius 3 is 2.92 bits per heavy atom. The minimum Gasteiger partial charge on any atom is -0.447 e. The van der Waals surface area contributed by atoms with Gasteiger partial charge in [-0.05, 0) is 43.9 Å². The third-order valence-electron chi connectivity index (χ3n) is 6.91. The highest BCUT2D eigenvalue weighted by Crippen LogP contribution is 2.63. The maximum absolute atomic E-state index is 11.8. The van der Waals surface area contributed by atoms with Gasteiger partial charge in [-0.3, -0.25) is 4.90 Å². The molecule has 4 aliphatic rings. The van der Waals surface area contributed by atoms with Gasteiger partial charge in [0.2, 0.25) is 0 Å². The van der Waals surface area contributed by atoms with Crippen LogP contribution >= 0.6 is 0 Å². The quantitative estimate of drug-likeness (QED) is 0.912. The molecule has 1 amide bonds. The van der Waals surface area contributed by atoms with E-state index in [1.54, 1.807) is 4.90 Å². The molecule has 25 heavy (non-hydrogen) atoms. The second-order valence-corrected chi connectivity index (χ2v) is 8.06. The first-order valence-corrected chi connectivity index (χ1v) is 9.61. The Morgan fingerprint density at radius 2 is 2.20 bits per heavy atom. The molecule has 4 fully saturated rings. The number of carbonyl (C=O) groups is 1. The molecule has 1 spiro atoms. The van der Waals surface area contributed by atoms with Crippen LogP contribution in [-0.2, 0) is 9.47 Å². The zero-order chi connectivity index (χ0) is 17.0. The molecule has 2 aliphatic heterocycles. The molecule has 0 aromatic heterocycles. The van der Waals surface area contributed by atoms with Gasteiger partial charge in [0.05, 0.1) is 12.6 Å². The van der Waals surface area contributed by atoms with E-state index in [9.17, 15) is 4.79 Å². The van der Waals surface area contributed by atoms with Crippen molar-refractivity contribution in [2.45, 2.75) is 50.8 Å². The van der Waals surface area contributed by atoms with Gasteiger partial charge in [0.15, 0.2) is 0 Å². The van der Waals surface area contributed by atoms with Gasteiger partial charge in [-0.25, -0.2) is 4.79 Å². The molecule has 0 radical (unpaired) electrons. The van der Waals surface area contributed by atoms with Crippen LogP contribution in [0.15, 0.2) is 24.3 Å². The van der Waals surface area contributed by atoms with Crippen LogP contribution in [0.5, 0.6) is 0 Å². The summed E-state index contributed by atoms with van der Waals surface area (Å²) in [5.41, 5.74) is 2.56. The monoisotopic (exact) mass is 342 g/mol. The van der Waals surface area contributed by atoms with Crippen LogP contribution in [0.4, 0.5) is 10.5 Å². The van der Waals surface area contributed by atoms with Gasteiger partial charge in [0, 0.05) is 35.7 Å². The Bertz CT molecular complexity index is 687. The van der Waals surface area contributed by atoms with E-state index in [-0.39, 0.29) is 12.1 Å². The molecule has 4 atom stereocenters. The summed E-state index contributed by atoms with van der Waals surface area (Å²) in [6, 6.07) is 9.14. The molecule has 1 aromatic rings. The lowest BCUT2D eigenvalue weighted by atomic mass is 9.46. The number of anilines is 1. The van der Waals surface area contributed by atoms with Crippen LogP contribution in [0.3, 0.4) is 0 Å². The fourth-order valence-corrected chi connectivity index (χ4v) is 5.45. The number of hydrogen-bond donors (Lipinski definition) is 1. The van der Waals surface area contributed by atoms with Crippen LogP contribution in [-0.4, -0.2) is 38.0 Å². The molecule has 5 rings (SSSR count). The highest BCUT2D eigenvalue weighted by atomic mass is 16.6. The normalized spacial score (nSPS) is 33.6. The fourth-order valence-electron chi connectivity index (χ4n) is 5.45. The molecule has 2 aliphatic carbocycles. The number of cyclic esters (lactones) is 1. The highest BCUT2D eigenvalue weighted by molar-refractivity contribution is 5.89. The topological polar surface area (TPSA) is 50.8 Å². The van der Waals surface area contributed by atoms with Crippen LogP contribution in [0.2, 0.25) is 0 Å². The molecule has 2 heterocycles. The van der Waals surface area contributed by atoms with Gasteiger partial charge >= 0.3 is 6.09 Å². The van der Waals surface area contributed by atoms with Gasteiger partial charge in [0.25, 0.3) is 0 Å². The highest BCUT2D eigenvalue weighted by Gasteiger charge is 2.66. The van der Waals surface area contributed by atoms with Gasteiger partial charge in [-0.1, -0.05) is 18.6 Å². The number of amides is 1. The second kappa shape index (κ2) is 5.71. The SMILES string of the molecule is CC(NC1C2CCOC2C12CCC2)c1cccc(N2CCOC2=O)c1. The number of hydrogen-bond acceptors (Lipinski definition) is 4. The zero-order valence-corrected chi connectivity index (χ0v) is 14.7. The molecule has 5 nitrogen and oxygen atoms in total. The first kappa shape index (κ1) is 15.6.